The largest absolute Gasteiger partial charge is 0.379 e. The minimum Gasteiger partial charge on any atom is -0.379 e. The molecule has 118 valence electrons. The lowest BCUT2D eigenvalue weighted by molar-refractivity contribution is -0.153. The van der Waals surface area contributed by atoms with Crippen LogP contribution in [-0.2, 0) is 9.63 Å². The molecule has 22 heavy (non-hydrogen) atoms. The zero-order chi connectivity index (χ0) is 15.7. The summed E-state index contributed by atoms with van der Waals surface area (Å²) in [6.07, 6.45) is 1.74. The Balaban J connectivity index is 1.60. The number of nitrogens with zero attached hydrogens (tertiary/aromatic N) is 4. The van der Waals surface area contributed by atoms with Crippen molar-refractivity contribution < 1.29 is 14.0 Å². The number of pyridine rings is 1. The molecular formula is C15H19FN4O2. The molecule has 0 aromatic carbocycles. The van der Waals surface area contributed by atoms with Gasteiger partial charge in [-0.25, -0.2) is 9.37 Å². The second-order valence-corrected chi connectivity index (χ2v) is 5.94. The summed E-state index contributed by atoms with van der Waals surface area (Å²) < 4.78 is 12.9. The average molecular weight is 306 g/mol. The van der Waals surface area contributed by atoms with Gasteiger partial charge in [0.05, 0.1) is 11.9 Å². The van der Waals surface area contributed by atoms with Gasteiger partial charge in [-0.1, -0.05) is 5.16 Å². The highest BCUT2D eigenvalue weighted by molar-refractivity contribution is 5.94. The Labute approximate surface area is 128 Å². The second-order valence-electron chi connectivity index (χ2n) is 5.94. The van der Waals surface area contributed by atoms with Crippen LogP contribution in [0.15, 0.2) is 23.5 Å². The van der Waals surface area contributed by atoms with Gasteiger partial charge < -0.3 is 14.6 Å². The quantitative estimate of drug-likeness (QED) is 0.829. The summed E-state index contributed by atoms with van der Waals surface area (Å²) in [7, 11) is 0. The van der Waals surface area contributed by atoms with E-state index in [2.05, 4.69) is 10.1 Å². The molecule has 0 spiro atoms. The van der Waals surface area contributed by atoms with Gasteiger partial charge in [-0.15, -0.1) is 0 Å². The van der Waals surface area contributed by atoms with Crippen LogP contribution in [0.1, 0.15) is 20.3 Å². The monoisotopic (exact) mass is 306 g/mol. The molecule has 1 saturated heterocycles. The lowest BCUT2D eigenvalue weighted by Crippen LogP contribution is -2.55. The number of oxime groups is 1. The van der Waals surface area contributed by atoms with Crippen molar-refractivity contribution in [3.8, 4) is 0 Å². The molecule has 7 heteroatoms. The predicted octanol–water partition coefficient (Wildman–Crippen LogP) is 1.42. The van der Waals surface area contributed by atoms with Crippen molar-refractivity contribution >= 4 is 17.4 Å². The number of amides is 1. The maximum Gasteiger partial charge on any atom is 0.269 e. The third kappa shape index (κ3) is 2.75. The Hall–Kier alpha value is -2.18. The van der Waals surface area contributed by atoms with Crippen molar-refractivity contribution in [3.05, 3.63) is 24.1 Å². The van der Waals surface area contributed by atoms with Crippen LogP contribution in [0.5, 0.6) is 0 Å². The van der Waals surface area contributed by atoms with Gasteiger partial charge in [0.15, 0.2) is 0 Å². The zero-order valence-electron chi connectivity index (χ0n) is 12.8. The van der Waals surface area contributed by atoms with Crippen LogP contribution >= 0.6 is 0 Å². The minimum atomic E-state index is -0.875. The zero-order valence-corrected chi connectivity index (χ0v) is 12.8. The Morgan fingerprint density at radius 2 is 2.05 bits per heavy atom. The molecule has 6 nitrogen and oxygen atoms in total. The van der Waals surface area contributed by atoms with E-state index in [1.165, 1.54) is 12.3 Å². The fourth-order valence-corrected chi connectivity index (χ4v) is 2.87. The number of hydrogen-bond acceptors (Lipinski definition) is 5. The summed E-state index contributed by atoms with van der Waals surface area (Å²) in [5, 5.41) is 3.89. The van der Waals surface area contributed by atoms with Crippen molar-refractivity contribution in [2.24, 2.45) is 5.16 Å². The van der Waals surface area contributed by atoms with Crippen LogP contribution < -0.4 is 4.90 Å². The van der Waals surface area contributed by atoms with Gasteiger partial charge in [0.2, 0.25) is 5.60 Å². The molecule has 0 N–H and O–H groups in total. The first-order valence-electron chi connectivity index (χ1n) is 7.35. The Morgan fingerprint density at radius 1 is 1.32 bits per heavy atom. The van der Waals surface area contributed by atoms with Gasteiger partial charge in [-0.05, 0) is 26.0 Å². The smallest absolute Gasteiger partial charge is 0.269 e. The summed E-state index contributed by atoms with van der Waals surface area (Å²) in [6.45, 7) is 6.16. The third-order valence-corrected chi connectivity index (χ3v) is 4.05. The van der Waals surface area contributed by atoms with Crippen LogP contribution in [0.25, 0.3) is 0 Å². The maximum absolute atomic E-state index is 12.9. The molecule has 1 unspecified atom stereocenters. The number of aromatic nitrogens is 1. The number of piperazine rings is 1. The van der Waals surface area contributed by atoms with Crippen LogP contribution in [0.4, 0.5) is 10.2 Å². The van der Waals surface area contributed by atoms with Crippen LogP contribution in [0.2, 0.25) is 0 Å². The summed E-state index contributed by atoms with van der Waals surface area (Å²) >= 11 is 0. The first-order valence-corrected chi connectivity index (χ1v) is 7.35. The molecule has 0 radical (unpaired) electrons. The highest BCUT2D eigenvalue weighted by atomic mass is 19.1. The SMILES string of the molecule is CC1=NOC(C)(C(=O)N2CCN(c3ccc(F)cn3)CC2)C1. The van der Waals surface area contributed by atoms with E-state index in [9.17, 15) is 9.18 Å². The number of anilines is 1. The van der Waals surface area contributed by atoms with Gasteiger partial charge >= 0.3 is 0 Å². The number of halogens is 1. The number of carbonyl (C=O) groups is 1. The van der Waals surface area contributed by atoms with Crippen molar-refractivity contribution in [2.75, 3.05) is 31.1 Å². The molecule has 1 fully saturated rings. The van der Waals surface area contributed by atoms with Crippen molar-refractivity contribution in [1.82, 2.24) is 9.88 Å². The van der Waals surface area contributed by atoms with Gasteiger partial charge in [0, 0.05) is 32.6 Å². The van der Waals surface area contributed by atoms with E-state index >= 15 is 0 Å². The fourth-order valence-electron chi connectivity index (χ4n) is 2.87. The molecule has 1 aromatic rings. The molecule has 0 bridgehead atoms. The first-order chi connectivity index (χ1) is 10.5. The predicted molar refractivity (Wildman–Crippen MR) is 80.2 cm³/mol. The molecule has 2 aliphatic heterocycles. The molecule has 2 aliphatic rings. The summed E-state index contributed by atoms with van der Waals surface area (Å²) in [5.41, 5.74) is -0.0367. The third-order valence-electron chi connectivity index (χ3n) is 4.05. The van der Waals surface area contributed by atoms with Gasteiger partial charge in [-0.3, -0.25) is 4.79 Å². The molecule has 1 atom stereocenters. The van der Waals surface area contributed by atoms with Crippen molar-refractivity contribution in [1.29, 1.82) is 0 Å². The Kier molecular flexibility index (Phi) is 3.72. The van der Waals surface area contributed by atoms with Gasteiger partial charge in [-0.2, -0.15) is 0 Å². The Bertz CT molecular complexity index is 596. The molecule has 3 heterocycles. The second kappa shape index (κ2) is 5.55. The molecule has 3 rings (SSSR count). The molecule has 0 saturated carbocycles. The van der Waals surface area contributed by atoms with E-state index in [0.29, 0.717) is 32.6 Å². The van der Waals surface area contributed by atoms with E-state index < -0.39 is 5.60 Å². The van der Waals surface area contributed by atoms with E-state index in [1.54, 1.807) is 17.9 Å². The molecule has 0 aliphatic carbocycles. The number of carbonyl (C=O) groups excluding carboxylic acids is 1. The minimum absolute atomic E-state index is 0.0279. The van der Waals surface area contributed by atoms with E-state index in [1.807, 2.05) is 11.8 Å². The molecular weight excluding hydrogens is 287 g/mol. The Morgan fingerprint density at radius 3 is 2.59 bits per heavy atom. The van der Waals surface area contributed by atoms with E-state index in [-0.39, 0.29) is 11.7 Å². The van der Waals surface area contributed by atoms with E-state index in [0.717, 1.165) is 11.5 Å². The molecule has 1 amide bonds. The van der Waals surface area contributed by atoms with Crippen LogP contribution in [0.3, 0.4) is 0 Å². The maximum atomic E-state index is 12.9. The van der Waals surface area contributed by atoms with Crippen LogP contribution in [-0.4, -0.2) is 53.3 Å². The fraction of sp³-hybridized carbons (Fsp3) is 0.533. The first kappa shape index (κ1) is 14.7. The van der Waals surface area contributed by atoms with E-state index in [4.69, 9.17) is 4.84 Å². The van der Waals surface area contributed by atoms with Gasteiger partial charge in [0.1, 0.15) is 11.6 Å². The molecule has 1 aromatic heterocycles. The topological polar surface area (TPSA) is 58.0 Å². The standard InChI is InChI=1S/C15H19FN4O2/c1-11-9-15(2,22-18-11)14(21)20-7-5-19(6-8-20)13-4-3-12(16)10-17-13/h3-4,10H,5-9H2,1-2H3. The summed E-state index contributed by atoms with van der Waals surface area (Å²) in [4.78, 5) is 25.8. The van der Waals surface area contributed by atoms with Gasteiger partial charge in [0.25, 0.3) is 5.91 Å². The normalized spacial score (nSPS) is 25.0. The lowest BCUT2D eigenvalue weighted by Gasteiger charge is -2.38. The van der Waals surface area contributed by atoms with Crippen molar-refractivity contribution in [3.63, 3.8) is 0 Å². The number of rotatable bonds is 2. The van der Waals surface area contributed by atoms with Crippen molar-refractivity contribution in [2.45, 2.75) is 25.9 Å². The lowest BCUT2D eigenvalue weighted by atomic mass is 9.98. The highest BCUT2D eigenvalue weighted by Crippen LogP contribution is 2.26. The number of hydrogen-bond donors (Lipinski definition) is 0. The average Bonchev–Trinajstić information content (AvgIpc) is 2.88. The van der Waals surface area contributed by atoms with Crippen LogP contribution in [0, 0.1) is 5.82 Å². The highest BCUT2D eigenvalue weighted by Gasteiger charge is 2.43. The summed E-state index contributed by atoms with van der Waals surface area (Å²) in [6, 6.07) is 3.05. The summed E-state index contributed by atoms with van der Waals surface area (Å²) in [5.74, 6) is 0.357.